The number of rotatable bonds is 11. The Morgan fingerprint density at radius 1 is 1.03 bits per heavy atom. The normalized spacial score (nSPS) is 16.6. The van der Waals surface area contributed by atoms with Crippen LogP contribution in [0.15, 0.2) is 64.8 Å². The Balaban J connectivity index is 1.80. The minimum atomic E-state index is -0.992. The Labute approximate surface area is 220 Å². The number of halogens is 1. The Bertz CT molecular complexity index is 1330. The van der Waals surface area contributed by atoms with E-state index in [1.165, 1.54) is 37.5 Å². The molecule has 1 aromatic heterocycles. The molecule has 4 rings (SSSR count). The second-order valence-corrected chi connectivity index (χ2v) is 8.82. The number of methoxy groups -OCH3 is 2. The first-order valence-electron chi connectivity index (χ1n) is 12.3. The van der Waals surface area contributed by atoms with Gasteiger partial charge in [-0.1, -0.05) is 25.8 Å². The quantitative estimate of drug-likeness (QED) is 0.151. The second-order valence-electron chi connectivity index (χ2n) is 8.82. The fourth-order valence-electron chi connectivity index (χ4n) is 4.44. The number of benzene rings is 2. The molecule has 2 heterocycles. The Morgan fingerprint density at radius 2 is 1.79 bits per heavy atom. The van der Waals surface area contributed by atoms with Crippen molar-refractivity contribution in [2.45, 2.75) is 38.8 Å². The van der Waals surface area contributed by atoms with Gasteiger partial charge in [-0.15, -0.1) is 0 Å². The summed E-state index contributed by atoms with van der Waals surface area (Å²) in [5.41, 5.74) is 0.362. The van der Waals surface area contributed by atoms with E-state index in [4.69, 9.17) is 18.6 Å². The van der Waals surface area contributed by atoms with E-state index in [9.17, 15) is 19.1 Å². The van der Waals surface area contributed by atoms with Crippen LogP contribution >= 0.6 is 0 Å². The molecule has 3 aromatic rings. The number of carbonyl (C=O) groups is 2. The third-order valence-electron chi connectivity index (χ3n) is 6.38. The van der Waals surface area contributed by atoms with Crippen LogP contribution in [0.25, 0.3) is 5.76 Å². The molecule has 1 fully saturated rings. The molecule has 9 heteroatoms. The standard InChI is InChI=1S/C29H30FNO7/c1-4-5-6-13-38-23-12-9-18(16-24(23)36-3)26-25(27(32)19-10-11-22(35-2)21(30)15-19)28(33)29(34)31(26)17-20-8-7-14-37-20/h7-12,14-16,26,32H,4-6,13,17H2,1-3H3/t26-/m0/s1. The van der Waals surface area contributed by atoms with Gasteiger partial charge in [0.1, 0.15) is 11.5 Å². The van der Waals surface area contributed by atoms with Crippen LogP contribution in [0.4, 0.5) is 4.39 Å². The first-order valence-corrected chi connectivity index (χ1v) is 12.3. The van der Waals surface area contributed by atoms with Crippen LogP contribution in [-0.4, -0.2) is 42.5 Å². The number of aliphatic hydroxyl groups is 1. The summed E-state index contributed by atoms with van der Waals surface area (Å²) in [4.78, 5) is 27.8. The van der Waals surface area contributed by atoms with E-state index in [1.54, 1.807) is 30.3 Å². The summed E-state index contributed by atoms with van der Waals surface area (Å²) in [5.74, 6) is -1.56. The SMILES string of the molecule is CCCCCOc1ccc([C@H]2C(=C(O)c3ccc(OC)c(F)c3)C(=O)C(=O)N2Cc2ccco2)cc1OC. The van der Waals surface area contributed by atoms with Crippen LogP contribution in [0, 0.1) is 5.82 Å². The highest BCUT2D eigenvalue weighted by Crippen LogP contribution is 2.43. The average molecular weight is 524 g/mol. The number of ketones is 1. The first-order chi connectivity index (χ1) is 18.4. The minimum Gasteiger partial charge on any atom is -0.507 e. The van der Waals surface area contributed by atoms with Gasteiger partial charge in [0.25, 0.3) is 11.7 Å². The molecule has 1 amide bonds. The smallest absolute Gasteiger partial charge is 0.296 e. The molecule has 0 bridgehead atoms. The number of likely N-dealkylation sites (tertiary alicyclic amines) is 1. The average Bonchev–Trinajstić information content (AvgIpc) is 3.53. The number of hydrogen-bond donors (Lipinski definition) is 1. The van der Waals surface area contributed by atoms with Gasteiger partial charge in [0.15, 0.2) is 23.1 Å². The van der Waals surface area contributed by atoms with Gasteiger partial charge in [0.2, 0.25) is 0 Å². The molecule has 1 aliphatic rings. The van der Waals surface area contributed by atoms with Crippen molar-refractivity contribution in [3.05, 3.63) is 83.1 Å². The molecule has 0 spiro atoms. The molecule has 200 valence electrons. The van der Waals surface area contributed by atoms with Crippen molar-refractivity contribution in [1.82, 2.24) is 4.90 Å². The van der Waals surface area contributed by atoms with Gasteiger partial charge >= 0.3 is 0 Å². The number of carbonyl (C=O) groups excluding carboxylic acids is 2. The van der Waals surface area contributed by atoms with Crippen molar-refractivity contribution in [3.8, 4) is 17.2 Å². The Hall–Kier alpha value is -4.27. The summed E-state index contributed by atoms with van der Waals surface area (Å²) in [6.07, 6.45) is 4.46. The van der Waals surface area contributed by atoms with Crippen molar-refractivity contribution in [2.24, 2.45) is 0 Å². The maximum absolute atomic E-state index is 14.4. The topological polar surface area (TPSA) is 98.4 Å². The summed E-state index contributed by atoms with van der Waals surface area (Å²) >= 11 is 0. The highest BCUT2D eigenvalue weighted by atomic mass is 19.1. The summed E-state index contributed by atoms with van der Waals surface area (Å²) < 4.78 is 36.2. The van der Waals surface area contributed by atoms with E-state index in [0.29, 0.717) is 29.4 Å². The van der Waals surface area contributed by atoms with Crippen molar-refractivity contribution in [3.63, 3.8) is 0 Å². The lowest BCUT2D eigenvalue weighted by Gasteiger charge is -2.25. The number of aliphatic hydroxyl groups excluding tert-OH is 1. The number of unbranched alkanes of at least 4 members (excludes halogenated alkanes) is 2. The maximum Gasteiger partial charge on any atom is 0.296 e. The van der Waals surface area contributed by atoms with E-state index < -0.39 is 29.3 Å². The highest BCUT2D eigenvalue weighted by molar-refractivity contribution is 6.46. The van der Waals surface area contributed by atoms with Gasteiger partial charge in [0, 0.05) is 5.56 Å². The van der Waals surface area contributed by atoms with E-state index >= 15 is 0 Å². The lowest BCUT2D eigenvalue weighted by molar-refractivity contribution is -0.140. The zero-order valence-electron chi connectivity index (χ0n) is 21.5. The minimum absolute atomic E-state index is 0.0179. The van der Waals surface area contributed by atoms with Crippen LogP contribution in [-0.2, 0) is 16.1 Å². The molecule has 0 radical (unpaired) electrons. The van der Waals surface area contributed by atoms with Crippen LogP contribution in [0.5, 0.6) is 17.2 Å². The molecule has 1 aliphatic heterocycles. The van der Waals surface area contributed by atoms with Crippen LogP contribution in [0.3, 0.4) is 0 Å². The molecular weight excluding hydrogens is 493 g/mol. The molecule has 0 saturated carbocycles. The van der Waals surface area contributed by atoms with Crippen molar-refractivity contribution in [1.29, 1.82) is 0 Å². The molecule has 1 saturated heterocycles. The van der Waals surface area contributed by atoms with Gasteiger partial charge in [-0.25, -0.2) is 4.39 Å². The van der Waals surface area contributed by atoms with Gasteiger partial charge in [-0.2, -0.15) is 0 Å². The number of hydrogen-bond acceptors (Lipinski definition) is 7. The fourth-order valence-corrected chi connectivity index (χ4v) is 4.44. The zero-order valence-corrected chi connectivity index (χ0v) is 21.5. The number of Topliss-reactive ketones (excluding diaryl/α,β-unsaturated/α-hetero) is 1. The molecule has 8 nitrogen and oxygen atoms in total. The van der Waals surface area contributed by atoms with Crippen molar-refractivity contribution >= 4 is 17.4 Å². The first kappa shape index (κ1) is 26.8. The largest absolute Gasteiger partial charge is 0.507 e. The Kier molecular flexibility index (Phi) is 8.35. The monoisotopic (exact) mass is 523 g/mol. The number of nitrogens with zero attached hydrogens (tertiary/aromatic N) is 1. The van der Waals surface area contributed by atoms with Crippen LogP contribution in [0.1, 0.15) is 49.1 Å². The number of ether oxygens (including phenoxy) is 3. The molecule has 1 N–H and O–H groups in total. The van der Waals surface area contributed by atoms with Crippen molar-refractivity contribution in [2.75, 3.05) is 20.8 Å². The number of amides is 1. The van der Waals surface area contributed by atoms with Gasteiger partial charge < -0.3 is 28.6 Å². The van der Waals surface area contributed by atoms with Gasteiger partial charge in [-0.05, 0) is 54.4 Å². The van der Waals surface area contributed by atoms with E-state index in [-0.39, 0.29) is 23.4 Å². The third kappa shape index (κ3) is 5.37. The highest BCUT2D eigenvalue weighted by Gasteiger charge is 2.46. The predicted octanol–water partition coefficient (Wildman–Crippen LogP) is 5.63. The predicted molar refractivity (Wildman–Crippen MR) is 138 cm³/mol. The van der Waals surface area contributed by atoms with Gasteiger partial charge in [0.05, 0.1) is 45.2 Å². The zero-order chi connectivity index (χ0) is 27.2. The molecule has 38 heavy (non-hydrogen) atoms. The van der Waals surface area contributed by atoms with Crippen LogP contribution in [0.2, 0.25) is 0 Å². The lowest BCUT2D eigenvalue weighted by Crippen LogP contribution is -2.29. The molecule has 0 aliphatic carbocycles. The summed E-state index contributed by atoms with van der Waals surface area (Å²) in [7, 11) is 2.82. The summed E-state index contributed by atoms with van der Waals surface area (Å²) in [6.45, 7) is 2.60. The molecular formula is C29H30FNO7. The molecule has 1 atom stereocenters. The third-order valence-corrected chi connectivity index (χ3v) is 6.38. The maximum atomic E-state index is 14.4. The summed E-state index contributed by atoms with van der Waals surface area (Å²) in [5, 5.41) is 11.2. The Morgan fingerprint density at radius 3 is 2.45 bits per heavy atom. The number of furan rings is 1. The van der Waals surface area contributed by atoms with E-state index in [2.05, 4.69) is 6.92 Å². The molecule has 0 unspecified atom stereocenters. The van der Waals surface area contributed by atoms with E-state index in [1.807, 2.05) is 0 Å². The second kappa shape index (κ2) is 11.9. The molecule has 2 aromatic carbocycles. The van der Waals surface area contributed by atoms with Crippen LogP contribution < -0.4 is 14.2 Å². The van der Waals surface area contributed by atoms with Gasteiger partial charge in [-0.3, -0.25) is 9.59 Å². The lowest BCUT2D eigenvalue weighted by atomic mass is 9.95. The van der Waals surface area contributed by atoms with E-state index in [0.717, 1.165) is 25.3 Å². The van der Waals surface area contributed by atoms with Crippen molar-refractivity contribution < 1.29 is 37.7 Å². The summed E-state index contributed by atoms with van der Waals surface area (Å²) in [6, 6.07) is 11.3. The fraction of sp³-hybridized carbons (Fsp3) is 0.310.